The average Bonchev–Trinajstić information content (AvgIpc) is 2.89. The van der Waals surface area contributed by atoms with E-state index in [0.717, 1.165) is 0 Å². The van der Waals surface area contributed by atoms with Gasteiger partial charge in [0.05, 0.1) is 23.8 Å². The number of aliphatic hydroxyl groups is 3. The van der Waals surface area contributed by atoms with Gasteiger partial charge in [0.15, 0.2) is 17.3 Å². The van der Waals surface area contributed by atoms with E-state index in [0.29, 0.717) is 17.8 Å². The minimum absolute atomic E-state index is 0.0122. The molecular weight excluding hydrogens is 570 g/mol. The van der Waals surface area contributed by atoms with Crippen molar-refractivity contribution < 1.29 is 39.6 Å². The number of phenolic OH excluding ortho intramolecular Hbond substituents is 1. The number of likely N-dealkylation sites (N-methyl/N-ethyl adjacent to an activating group) is 2. The molecule has 1 aromatic carbocycles. The summed E-state index contributed by atoms with van der Waals surface area (Å²) in [6, 6.07) is 0.429. The highest BCUT2D eigenvalue weighted by molar-refractivity contribution is 6.35. The number of nitrogens with two attached hydrogens (primary N) is 1. The van der Waals surface area contributed by atoms with Gasteiger partial charge >= 0.3 is 0 Å². The average molecular weight is 614 g/mol. The Bertz CT molecular complexity index is 1500. The lowest BCUT2D eigenvalue weighted by Gasteiger charge is -2.50. The van der Waals surface area contributed by atoms with Gasteiger partial charge in [0, 0.05) is 36.8 Å². The largest absolute Gasteiger partial charge is 0.507 e. The van der Waals surface area contributed by atoms with Crippen molar-refractivity contribution in [1.82, 2.24) is 9.80 Å². The van der Waals surface area contributed by atoms with Gasteiger partial charge in [-0.1, -0.05) is 6.92 Å². The summed E-state index contributed by atoms with van der Waals surface area (Å²) in [7, 11) is 6.61. The molecule has 4 unspecified atom stereocenters. The first-order valence-corrected chi connectivity index (χ1v) is 14.5. The van der Waals surface area contributed by atoms with Crippen LogP contribution in [-0.4, -0.2) is 112 Å². The number of hydrogen-bond acceptors (Lipinski definition) is 12. The van der Waals surface area contributed by atoms with Gasteiger partial charge in [-0.25, -0.2) is 0 Å². The van der Waals surface area contributed by atoms with Gasteiger partial charge in [0.1, 0.15) is 17.1 Å². The molecule has 1 amide bonds. The molecule has 0 saturated heterocycles. The molecule has 2 fully saturated rings. The number of aliphatic hydroxyl groups excluding tert-OH is 2. The summed E-state index contributed by atoms with van der Waals surface area (Å²) in [6.07, 6.45) is 0.0924. The second kappa shape index (κ2) is 11.2. The van der Waals surface area contributed by atoms with E-state index in [-0.39, 0.29) is 41.7 Å². The lowest BCUT2D eigenvalue weighted by atomic mass is 9.56. The van der Waals surface area contributed by atoms with Crippen molar-refractivity contribution in [2.24, 2.45) is 17.6 Å². The van der Waals surface area contributed by atoms with E-state index < -0.39 is 69.7 Å². The number of amides is 1. The number of fused-ring (bicyclic) bond motifs is 3. The Balaban J connectivity index is 1.87. The molecule has 0 radical (unpaired) electrons. The zero-order valence-corrected chi connectivity index (χ0v) is 26.5. The summed E-state index contributed by atoms with van der Waals surface area (Å²) < 4.78 is 0. The summed E-state index contributed by atoms with van der Waals surface area (Å²) >= 11 is 0. The predicted molar refractivity (Wildman–Crippen MR) is 164 cm³/mol. The predicted octanol–water partition coefficient (Wildman–Crippen LogP) is 1.09. The fourth-order valence-corrected chi connectivity index (χ4v) is 6.96. The molecule has 0 spiro atoms. The fourth-order valence-electron chi connectivity index (χ4n) is 6.96. The molecule has 240 valence electrons. The van der Waals surface area contributed by atoms with Crippen LogP contribution in [0.1, 0.15) is 45.2 Å². The van der Waals surface area contributed by atoms with Crippen LogP contribution in [0.25, 0.3) is 5.76 Å². The van der Waals surface area contributed by atoms with Crippen molar-refractivity contribution in [3.63, 3.8) is 0 Å². The monoisotopic (exact) mass is 613 g/mol. The van der Waals surface area contributed by atoms with Crippen LogP contribution in [0.3, 0.4) is 0 Å². The highest BCUT2D eigenvalue weighted by atomic mass is 16.3. The molecule has 2 saturated carbocycles. The molecule has 3 aliphatic rings. The van der Waals surface area contributed by atoms with Crippen LogP contribution in [0.5, 0.6) is 5.75 Å². The number of hydrogen-bond donors (Lipinski definition) is 6. The van der Waals surface area contributed by atoms with Crippen LogP contribution in [0.4, 0.5) is 11.4 Å². The van der Waals surface area contributed by atoms with Crippen molar-refractivity contribution >= 4 is 40.4 Å². The molecule has 0 bridgehead atoms. The number of nitrogens with zero attached hydrogens (tertiary/aromatic N) is 3. The highest BCUT2D eigenvalue weighted by Crippen LogP contribution is 2.53. The minimum Gasteiger partial charge on any atom is -0.507 e. The Morgan fingerprint density at radius 2 is 1.73 bits per heavy atom. The maximum atomic E-state index is 14.1. The normalized spacial score (nSPS) is 26.4. The first-order valence-electron chi connectivity index (χ1n) is 14.5. The van der Waals surface area contributed by atoms with E-state index in [4.69, 9.17) is 5.73 Å². The Morgan fingerprint density at radius 1 is 1.11 bits per heavy atom. The molecule has 4 rings (SSSR count). The molecule has 7 N–H and O–H groups in total. The SMILES string of the molecule is CCN(CC(=O)Nc1cc(N(C)C)c2c(c1O)C(O)=C1C(=O)C3(O)C(=O)/C(=C(/N)O)C(=O)C(N(C)C)C3CC1C2)C(C)(C)C. The molecule has 0 aliphatic heterocycles. The molecule has 3 aliphatic carbocycles. The summed E-state index contributed by atoms with van der Waals surface area (Å²) in [5.41, 5.74) is 2.19. The van der Waals surface area contributed by atoms with Crippen LogP contribution in [0.2, 0.25) is 0 Å². The van der Waals surface area contributed by atoms with Crippen LogP contribution in [0, 0.1) is 11.8 Å². The Morgan fingerprint density at radius 3 is 2.23 bits per heavy atom. The number of carbonyl (C=O) groups is 4. The fraction of sp³-hybridized carbons (Fsp3) is 0.548. The molecule has 4 atom stereocenters. The lowest BCUT2D eigenvalue weighted by molar-refractivity contribution is -0.165. The van der Waals surface area contributed by atoms with E-state index >= 15 is 0 Å². The minimum atomic E-state index is -2.80. The number of ketones is 3. The molecule has 13 nitrogen and oxygen atoms in total. The maximum Gasteiger partial charge on any atom is 0.238 e. The smallest absolute Gasteiger partial charge is 0.238 e. The molecule has 1 aromatic rings. The van der Waals surface area contributed by atoms with E-state index in [2.05, 4.69) is 5.32 Å². The van der Waals surface area contributed by atoms with Crippen molar-refractivity contribution in [3.8, 4) is 5.75 Å². The number of nitrogens with one attached hydrogen (secondary N) is 1. The van der Waals surface area contributed by atoms with Crippen LogP contribution in [-0.2, 0) is 25.6 Å². The van der Waals surface area contributed by atoms with Crippen LogP contribution in [0.15, 0.2) is 23.1 Å². The molecular formula is C31H43N5O8. The quantitative estimate of drug-likeness (QED) is 0.0880. The van der Waals surface area contributed by atoms with E-state index in [1.54, 1.807) is 39.2 Å². The molecule has 0 aromatic heterocycles. The zero-order chi connectivity index (χ0) is 33.2. The number of phenols is 1. The molecule has 13 heteroatoms. The van der Waals surface area contributed by atoms with Crippen molar-refractivity contribution in [2.75, 3.05) is 51.5 Å². The lowest BCUT2D eigenvalue weighted by Crippen LogP contribution is -2.69. The maximum absolute atomic E-state index is 14.1. The van der Waals surface area contributed by atoms with E-state index in [9.17, 15) is 39.6 Å². The van der Waals surface area contributed by atoms with Crippen molar-refractivity contribution in [1.29, 1.82) is 0 Å². The van der Waals surface area contributed by atoms with Gasteiger partial charge in [-0.2, -0.15) is 0 Å². The first-order chi connectivity index (χ1) is 20.3. The second-order valence-corrected chi connectivity index (χ2v) is 13.2. The van der Waals surface area contributed by atoms with Gasteiger partial charge in [-0.15, -0.1) is 0 Å². The Labute approximate surface area is 256 Å². The number of carbonyl (C=O) groups excluding carboxylic acids is 4. The zero-order valence-electron chi connectivity index (χ0n) is 26.5. The van der Waals surface area contributed by atoms with Crippen LogP contribution < -0.4 is 16.0 Å². The molecule has 44 heavy (non-hydrogen) atoms. The summed E-state index contributed by atoms with van der Waals surface area (Å²) in [5.74, 6) is -7.81. The number of benzene rings is 1. The van der Waals surface area contributed by atoms with E-state index in [1.807, 2.05) is 32.6 Å². The van der Waals surface area contributed by atoms with E-state index in [1.165, 1.54) is 4.90 Å². The van der Waals surface area contributed by atoms with Crippen molar-refractivity contribution in [3.05, 3.63) is 34.2 Å². The van der Waals surface area contributed by atoms with Gasteiger partial charge in [0.25, 0.3) is 0 Å². The number of anilines is 2. The highest BCUT2D eigenvalue weighted by Gasteiger charge is 2.66. The number of rotatable bonds is 6. The number of Topliss-reactive ketones (excluding diaryl/α,β-unsaturated/α-hetero) is 3. The topological polar surface area (TPSA) is 197 Å². The first kappa shape index (κ1) is 33.0. The third-order valence-corrected chi connectivity index (χ3v) is 9.10. The second-order valence-electron chi connectivity index (χ2n) is 13.2. The van der Waals surface area contributed by atoms with Gasteiger partial charge in [-0.05, 0) is 71.8 Å². The summed E-state index contributed by atoms with van der Waals surface area (Å²) in [5, 5.41) is 47.6. The Kier molecular flexibility index (Phi) is 8.39. The third-order valence-electron chi connectivity index (χ3n) is 9.10. The molecule has 0 heterocycles. The van der Waals surface area contributed by atoms with Crippen LogP contribution >= 0.6 is 0 Å². The Hall–Kier alpha value is -3.94. The summed E-state index contributed by atoms with van der Waals surface area (Å²) in [6.45, 7) is 8.51. The van der Waals surface area contributed by atoms with Gasteiger partial charge in [-0.3, -0.25) is 29.0 Å². The van der Waals surface area contributed by atoms with Gasteiger partial charge < -0.3 is 36.4 Å². The summed E-state index contributed by atoms with van der Waals surface area (Å²) in [4.78, 5) is 59.1. The standard InChI is InChI=1S/C31H43N5O8/c1-9-36(30(2,3)4)13-19(37)33-17-12-18(34(5)6)15-10-14-11-16-23(35(7)8)26(40)22(29(32)43)28(42)31(16,44)27(41)20(14)25(39)21(15)24(17)38/h12,14,16,23,38-39,43-44H,9-11,13,32H2,1-8H3,(H,33,37)/b29-22-. The van der Waals surface area contributed by atoms with Gasteiger partial charge in [0.2, 0.25) is 17.5 Å². The third kappa shape index (κ3) is 5.02. The number of aromatic hydroxyl groups is 1. The van der Waals surface area contributed by atoms with Crippen molar-refractivity contribution in [2.45, 2.75) is 57.7 Å².